The lowest BCUT2D eigenvalue weighted by Crippen LogP contribution is -2.56. The normalized spacial score (nSPS) is 18.5. The van der Waals surface area contributed by atoms with Crippen LogP contribution in [0.2, 0.25) is 0 Å². The van der Waals surface area contributed by atoms with E-state index in [0.717, 1.165) is 48.2 Å². The second-order valence-corrected chi connectivity index (χ2v) is 7.51. The molecule has 2 fully saturated rings. The van der Waals surface area contributed by atoms with Crippen LogP contribution in [0.3, 0.4) is 0 Å². The Morgan fingerprint density at radius 1 is 1.11 bits per heavy atom. The molecule has 27 heavy (non-hydrogen) atoms. The number of hydrogen-bond acceptors (Lipinski definition) is 7. The van der Waals surface area contributed by atoms with Crippen molar-refractivity contribution in [2.45, 2.75) is 18.9 Å². The fourth-order valence-corrected chi connectivity index (χ4v) is 4.11. The number of hydrogen-bond donors (Lipinski definition) is 1. The number of aromatic nitrogens is 6. The van der Waals surface area contributed by atoms with Gasteiger partial charge in [0.15, 0.2) is 5.65 Å². The second kappa shape index (κ2) is 5.43. The molecule has 1 aliphatic heterocycles. The molecule has 4 aromatic rings. The van der Waals surface area contributed by atoms with E-state index in [1.165, 1.54) is 0 Å². The van der Waals surface area contributed by atoms with Crippen molar-refractivity contribution in [1.82, 2.24) is 29.5 Å². The molecule has 8 nitrogen and oxygen atoms in total. The molecular weight excluding hydrogens is 342 g/mol. The lowest BCUT2D eigenvalue weighted by molar-refractivity contribution is -0.160. The summed E-state index contributed by atoms with van der Waals surface area (Å²) in [5.41, 5.74) is 4.77. The summed E-state index contributed by atoms with van der Waals surface area (Å²) < 4.78 is 7.18. The van der Waals surface area contributed by atoms with Gasteiger partial charge >= 0.3 is 0 Å². The molecule has 0 atom stereocenters. The predicted octanol–water partition coefficient (Wildman–Crippen LogP) is 2.57. The molecule has 0 amide bonds. The Hall–Kier alpha value is -3.13. The van der Waals surface area contributed by atoms with E-state index >= 15 is 0 Å². The van der Waals surface area contributed by atoms with E-state index < -0.39 is 0 Å². The minimum atomic E-state index is 0. The van der Waals surface area contributed by atoms with Crippen LogP contribution >= 0.6 is 0 Å². The van der Waals surface area contributed by atoms with Crippen molar-refractivity contribution in [2.24, 2.45) is 5.41 Å². The zero-order valence-corrected chi connectivity index (χ0v) is 14.5. The summed E-state index contributed by atoms with van der Waals surface area (Å²) in [6.07, 6.45) is 11.2. The molecule has 5 heterocycles. The van der Waals surface area contributed by atoms with Crippen molar-refractivity contribution >= 4 is 22.6 Å². The van der Waals surface area contributed by atoms with E-state index in [1.807, 2.05) is 35.2 Å². The van der Waals surface area contributed by atoms with Crippen LogP contribution in [-0.4, -0.2) is 48.8 Å². The molecule has 1 saturated carbocycles. The molecule has 1 N–H and O–H groups in total. The predicted molar refractivity (Wildman–Crippen MR) is 101 cm³/mol. The summed E-state index contributed by atoms with van der Waals surface area (Å²) in [6, 6.07) is 4.45. The zero-order valence-electron chi connectivity index (χ0n) is 14.5. The third-order valence-electron chi connectivity index (χ3n) is 5.56. The van der Waals surface area contributed by atoms with Crippen molar-refractivity contribution in [1.29, 1.82) is 0 Å². The van der Waals surface area contributed by atoms with E-state index in [1.54, 1.807) is 12.4 Å². The highest BCUT2D eigenvalue weighted by atomic mass is 16.5. The first-order valence-corrected chi connectivity index (χ1v) is 9.04. The number of anilines is 1. The first-order chi connectivity index (χ1) is 13.3. The quantitative estimate of drug-likeness (QED) is 0.600. The van der Waals surface area contributed by atoms with Gasteiger partial charge in [0.2, 0.25) is 5.95 Å². The molecular formula is C19H19N7O. The van der Waals surface area contributed by atoms with Crippen LogP contribution in [0.4, 0.5) is 5.95 Å². The second-order valence-electron chi connectivity index (χ2n) is 7.51. The van der Waals surface area contributed by atoms with Gasteiger partial charge in [0, 0.05) is 48.8 Å². The van der Waals surface area contributed by atoms with Gasteiger partial charge < -0.3 is 10.1 Å². The van der Waals surface area contributed by atoms with Gasteiger partial charge in [-0.3, -0.25) is 4.98 Å². The molecule has 0 aromatic carbocycles. The first-order valence-electron chi connectivity index (χ1n) is 9.04. The maximum atomic E-state index is 5.33. The summed E-state index contributed by atoms with van der Waals surface area (Å²) in [7, 11) is 0. The minimum absolute atomic E-state index is 0. The summed E-state index contributed by atoms with van der Waals surface area (Å²) in [6.45, 7) is 1.80. The number of nitrogens with one attached hydrogen (secondary N) is 1. The third-order valence-corrected chi connectivity index (χ3v) is 5.56. The number of pyridine rings is 1. The van der Waals surface area contributed by atoms with Gasteiger partial charge in [0.1, 0.15) is 5.52 Å². The van der Waals surface area contributed by atoms with E-state index in [0.29, 0.717) is 23.1 Å². The van der Waals surface area contributed by atoms with E-state index in [2.05, 4.69) is 30.4 Å². The van der Waals surface area contributed by atoms with Crippen molar-refractivity contribution in [3.63, 3.8) is 0 Å². The molecule has 1 aliphatic carbocycles. The Bertz CT molecular complexity index is 1170. The largest absolute Gasteiger partial charge is 0.380 e. The Labute approximate surface area is 156 Å². The summed E-state index contributed by atoms with van der Waals surface area (Å²) >= 11 is 0. The Kier molecular flexibility index (Phi) is 3.01. The Balaban J connectivity index is 0.00000171. The van der Waals surface area contributed by atoms with Crippen LogP contribution < -0.4 is 5.32 Å². The van der Waals surface area contributed by atoms with Gasteiger partial charge in [-0.25, -0.2) is 19.5 Å². The summed E-state index contributed by atoms with van der Waals surface area (Å²) in [5.74, 6) is 0.659. The van der Waals surface area contributed by atoms with E-state index in [-0.39, 0.29) is 1.43 Å². The topological polar surface area (TPSA) is 90.1 Å². The monoisotopic (exact) mass is 361 g/mol. The summed E-state index contributed by atoms with van der Waals surface area (Å²) in [4.78, 5) is 17.5. The fourth-order valence-electron chi connectivity index (χ4n) is 4.11. The lowest BCUT2D eigenvalue weighted by atomic mass is 9.64. The molecule has 136 valence electrons. The van der Waals surface area contributed by atoms with Crippen LogP contribution in [0, 0.1) is 5.41 Å². The highest BCUT2D eigenvalue weighted by Crippen LogP contribution is 2.47. The van der Waals surface area contributed by atoms with Gasteiger partial charge in [-0.1, -0.05) is 0 Å². The van der Waals surface area contributed by atoms with E-state index in [9.17, 15) is 0 Å². The maximum Gasteiger partial charge on any atom is 0.241 e. The summed E-state index contributed by atoms with van der Waals surface area (Å²) in [5, 5.41) is 8.05. The van der Waals surface area contributed by atoms with Crippen molar-refractivity contribution < 1.29 is 6.16 Å². The Morgan fingerprint density at radius 3 is 2.85 bits per heavy atom. The molecule has 4 aromatic heterocycles. The van der Waals surface area contributed by atoms with Gasteiger partial charge in [-0.15, -0.1) is 5.10 Å². The molecule has 0 unspecified atom stereocenters. The molecule has 1 saturated heterocycles. The van der Waals surface area contributed by atoms with Gasteiger partial charge in [0.25, 0.3) is 0 Å². The molecule has 0 bridgehead atoms. The SMILES string of the molecule is [HH].c1cnc2ncc(-c3ccn4nc(NC5CC6(COC6)C5)ncc34)cc2n1. The smallest absolute Gasteiger partial charge is 0.241 e. The molecule has 1 spiro atoms. The minimum Gasteiger partial charge on any atom is -0.380 e. The van der Waals surface area contributed by atoms with Crippen LogP contribution in [0.5, 0.6) is 0 Å². The van der Waals surface area contributed by atoms with Gasteiger partial charge in [0.05, 0.1) is 24.9 Å². The first kappa shape index (κ1) is 15.0. The van der Waals surface area contributed by atoms with Gasteiger partial charge in [-0.2, -0.15) is 0 Å². The number of nitrogens with zero attached hydrogens (tertiary/aromatic N) is 6. The molecule has 2 aliphatic rings. The molecule has 8 heteroatoms. The van der Waals surface area contributed by atoms with Crippen LogP contribution in [0.15, 0.2) is 43.1 Å². The number of rotatable bonds is 3. The third kappa shape index (κ3) is 2.37. The molecule has 0 radical (unpaired) electrons. The average Bonchev–Trinajstić information content (AvgIpc) is 3.05. The van der Waals surface area contributed by atoms with Crippen LogP contribution in [0.25, 0.3) is 27.8 Å². The van der Waals surface area contributed by atoms with E-state index in [4.69, 9.17) is 4.74 Å². The highest BCUT2D eigenvalue weighted by Gasteiger charge is 2.49. The average molecular weight is 361 g/mol. The number of ether oxygens (including phenoxy) is 1. The van der Waals surface area contributed by atoms with Gasteiger partial charge in [-0.05, 0) is 25.0 Å². The van der Waals surface area contributed by atoms with Crippen molar-refractivity contribution in [2.75, 3.05) is 18.5 Å². The fraction of sp³-hybridized carbons (Fsp3) is 0.316. The zero-order chi connectivity index (χ0) is 17.8. The number of fused-ring (bicyclic) bond motifs is 2. The standard InChI is InChI=1S/C19H17N7O.H2/c1-4-26-16(14(1)12-5-15-17(22-8-12)21-3-2-20-15)9-23-18(25-26)24-13-6-19(7-13)10-27-11-19;/h1-5,8-9,13H,6-7,10-11H2,(H,24,25);1H. The van der Waals surface area contributed by atoms with Crippen LogP contribution in [-0.2, 0) is 4.74 Å². The lowest BCUT2D eigenvalue weighted by Gasteiger charge is -2.53. The molecule has 6 rings (SSSR count). The highest BCUT2D eigenvalue weighted by molar-refractivity contribution is 5.84. The van der Waals surface area contributed by atoms with Crippen molar-refractivity contribution in [3.8, 4) is 11.1 Å². The maximum absolute atomic E-state index is 5.33. The van der Waals surface area contributed by atoms with Crippen LogP contribution in [0.1, 0.15) is 14.3 Å². The van der Waals surface area contributed by atoms with Crippen molar-refractivity contribution in [3.05, 3.63) is 43.1 Å². The Morgan fingerprint density at radius 2 is 2.00 bits per heavy atom.